The quantitative estimate of drug-likeness (QED) is 0.811. The van der Waals surface area contributed by atoms with E-state index in [0.717, 1.165) is 0 Å². The van der Waals surface area contributed by atoms with Crippen molar-refractivity contribution in [1.82, 2.24) is 14.5 Å². The molecule has 1 aliphatic rings. The zero-order chi connectivity index (χ0) is 19.1. The summed E-state index contributed by atoms with van der Waals surface area (Å²) in [5.41, 5.74) is -0.313. The lowest BCUT2D eigenvalue weighted by molar-refractivity contribution is 0.217. The molecule has 0 saturated carbocycles. The van der Waals surface area contributed by atoms with Gasteiger partial charge in [0.1, 0.15) is 17.4 Å². The van der Waals surface area contributed by atoms with E-state index in [1.54, 1.807) is 0 Å². The van der Waals surface area contributed by atoms with E-state index in [1.807, 2.05) is 26.8 Å². The summed E-state index contributed by atoms with van der Waals surface area (Å²) >= 11 is 1.34. The molecule has 6 nitrogen and oxygen atoms in total. The molecule has 3 rings (SSSR count). The predicted octanol–water partition coefficient (Wildman–Crippen LogP) is 2.33. The molecule has 2 aromatic rings. The highest BCUT2D eigenvalue weighted by atomic mass is 32.2. The molecule has 0 radical (unpaired) electrons. The van der Waals surface area contributed by atoms with Gasteiger partial charge in [-0.2, -0.15) is 5.26 Å². The molecule has 0 saturated heterocycles. The highest BCUT2D eigenvalue weighted by Gasteiger charge is 2.26. The first-order chi connectivity index (χ1) is 12.3. The Morgan fingerprint density at radius 3 is 2.81 bits per heavy atom. The maximum atomic E-state index is 14.5. The lowest BCUT2D eigenvalue weighted by Crippen LogP contribution is -2.34. The molecule has 8 heteroatoms. The Morgan fingerprint density at radius 2 is 2.23 bits per heavy atom. The van der Waals surface area contributed by atoms with Gasteiger partial charge in [0.25, 0.3) is 5.56 Å². The van der Waals surface area contributed by atoms with Crippen LogP contribution in [-0.2, 0) is 12.0 Å². The van der Waals surface area contributed by atoms with Crippen molar-refractivity contribution in [2.45, 2.75) is 37.9 Å². The Kier molecular flexibility index (Phi) is 4.86. The van der Waals surface area contributed by atoms with Crippen LogP contribution in [0.5, 0.6) is 0 Å². The Labute approximate surface area is 154 Å². The van der Waals surface area contributed by atoms with Crippen LogP contribution >= 0.6 is 11.8 Å². The Balaban J connectivity index is 2.15. The number of thioether (sulfide) groups is 1. The van der Waals surface area contributed by atoms with E-state index >= 15 is 0 Å². The summed E-state index contributed by atoms with van der Waals surface area (Å²) < 4.78 is 15.9. The molecule has 1 unspecified atom stereocenters. The van der Waals surface area contributed by atoms with Gasteiger partial charge < -0.3 is 5.11 Å². The molecule has 1 N–H and O–H groups in total. The lowest BCUT2D eigenvalue weighted by Gasteiger charge is -2.24. The zero-order valence-corrected chi connectivity index (χ0v) is 15.6. The molecule has 2 aromatic heterocycles. The van der Waals surface area contributed by atoms with E-state index in [1.165, 1.54) is 28.6 Å². The van der Waals surface area contributed by atoms with E-state index in [-0.39, 0.29) is 23.8 Å². The third-order valence-corrected chi connectivity index (χ3v) is 5.43. The highest BCUT2D eigenvalue weighted by molar-refractivity contribution is 7.99. The van der Waals surface area contributed by atoms with Crippen LogP contribution in [0, 0.1) is 23.1 Å². The fourth-order valence-electron chi connectivity index (χ4n) is 2.85. The molecule has 3 heterocycles. The number of pyridine rings is 1. The molecule has 136 valence electrons. The largest absolute Gasteiger partial charge is 0.396 e. The topological polar surface area (TPSA) is 91.8 Å². The summed E-state index contributed by atoms with van der Waals surface area (Å²) in [6, 6.07) is 3.17. The van der Waals surface area contributed by atoms with E-state index in [2.05, 4.69) is 9.97 Å². The molecule has 0 spiro atoms. The third kappa shape index (κ3) is 3.24. The molecule has 0 amide bonds. The number of hydrogen-bond donors (Lipinski definition) is 1. The SMILES string of the molecule is CC(C)(C)c1ncc(-c2nc3n(c(=O)c2C#N)CC(CO)CS3)cc1F. The number of aliphatic hydroxyl groups excluding tert-OH is 1. The maximum absolute atomic E-state index is 14.5. The number of aliphatic hydroxyl groups is 1. The first-order valence-corrected chi connectivity index (χ1v) is 9.19. The molecular weight excluding hydrogens is 355 g/mol. The van der Waals surface area contributed by atoms with Crippen molar-refractivity contribution in [1.29, 1.82) is 5.26 Å². The number of fused-ring (bicyclic) bond motifs is 1. The normalized spacial score (nSPS) is 16.8. The number of nitriles is 1. The van der Waals surface area contributed by atoms with Crippen molar-refractivity contribution in [3.63, 3.8) is 0 Å². The minimum Gasteiger partial charge on any atom is -0.396 e. The second-order valence-corrected chi connectivity index (χ2v) is 8.30. The second kappa shape index (κ2) is 6.82. The van der Waals surface area contributed by atoms with Crippen LogP contribution in [0.1, 0.15) is 32.0 Å². The molecule has 0 fully saturated rings. The standard InChI is InChI=1S/C18H19FN4O2S/c1-18(2,3)15-13(19)4-11(6-21-15)14-12(5-20)16(25)23-7-10(8-24)9-26-17(23)22-14/h4,6,10,24H,7-9H2,1-3H3. The summed E-state index contributed by atoms with van der Waals surface area (Å²) in [5, 5.41) is 19.3. The van der Waals surface area contributed by atoms with Crippen molar-refractivity contribution >= 4 is 11.8 Å². The van der Waals surface area contributed by atoms with Crippen molar-refractivity contribution in [3.8, 4) is 17.3 Å². The van der Waals surface area contributed by atoms with Gasteiger partial charge in [0.05, 0.1) is 11.4 Å². The van der Waals surface area contributed by atoms with Crippen LogP contribution in [0.4, 0.5) is 4.39 Å². The van der Waals surface area contributed by atoms with E-state index in [9.17, 15) is 19.6 Å². The van der Waals surface area contributed by atoms with Crippen LogP contribution in [0.25, 0.3) is 11.3 Å². The van der Waals surface area contributed by atoms with Crippen LogP contribution in [0.3, 0.4) is 0 Å². The summed E-state index contributed by atoms with van der Waals surface area (Å²) in [6.45, 7) is 5.85. The van der Waals surface area contributed by atoms with Crippen LogP contribution in [-0.4, -0.2) is 32.0 Å². The maximum Gasteiger partial charge on any atom is 0.272 e. The van der Waals surface area contributed by atoms with Gasteiger partial charge in [-0.1, -0.05) is 32.5 Å². The fourth-order valence-corrected chi connectivity index (χ4v) is 3.91. The van der Waals surface area contributed by atoms with Crippen molar-refractivity contribution in [3.05, 3.63) is 39.7 Å². The number of halogens is 1. The number of aromatic nitrogens is 3. The minimum atomic E-state index is -0.494. The third-order valence-electron chi connectivity index (χ3n) is 4.22. The summed E-state index contributed by atoms with van der Waals surface area (Å²) in [5.74, 6) is 0.0743. The first kappa shape index (κ1) is 18.5. The summed E-state index contributed by atoms with van der Waals surface area (Å²) in [6.07, 6.45) is 1.45. The van der Waals surface area contributed by atoms with Gasteiger partial charge in [0, 0.05) is 42.0 Å². The van der Waals surface area contributed by atoms with Gasteiger partial charge in [0.15, 0.2) is 5.16 Å². The molecule has 0 aliphatic carbocycles. The van der Waals surface area contributed by atoms with E-state index in [0.29, 0.717) is 28.7 Å². The van der Waals surface area contributed by atoms with Crippen LogP contribution < -0.4 is 5.56 Å². The molecular formula is C18H19FN4O2S. The monoisotopic (exact) mass is 374 g/mol. The van der Waals surface area contributed by atoms with Gasteiger partial charge in [0.2, 0.25) is 0 Å². The van der Waals surface area contributed by atoms with Crippen molar-refractivity contribution in [2.75, 3.05) is 12.4 Å². The molecule has 1 atom stereocenters. The van der Waals surface area contributed by atoms with Crippen LogP contribution in [0.2, 0.25) is 0 Å². The van der Waals surface area contributed by atoms with Crippen molar-refractivity contribution in [2.24, 2.45) is 5.92 Å². The van der Waals surface area contributed by atoms with E-state index in [4.69, 9.17) is 0 Å². The average molecular weight is 374 g/mol. The van der Waals surface area contributed by atoms with Gasteiger partial charge in [-0.25, -0.2) is 9.37 Å². The second-order valence-electron chi connectivity index (χ2n) is 7.31. The number of rotatable bonds is 2. The minimum absolute atomic E-state index is 0.0358. The Morgan fingerprint density at radius 1 is 1.50 bits per heavy atom. The fraction of sp³-hybridized carbons (Fsp3) is 0.444. The highest BCUT2D eigenvalue weighted by Crippen LogP contribution is 2.30. The van der Waals surface area contributed by atoms with Crippen molar-refractivity contribution < 1.29 is 9.50 Å². The van der Waals surface area contributed by atoms with Gasteiger partial charge in [-0.05, 0) is 6.07 Å². The molecule has 1 aliphatic heterocycles. The molecule has 0 bridgehead atoms. The lowest BCUT2D eigenvalue weighted by atomic mass is 9.90. The van der Waals surface area contributed by atoms with E-state index < -0.39 is 16.8 Å². The van der Waals surface area contributed by atoms with Gasteiger partial charge in [-0.3, -0.25) is 14.3 Å². The summed E-state index contributed by atoms with van der Waals surface area (Å²) in [7, 11) is 0. The Bertz CT molecular complexity index is 959. The number of nitrogens with zero attached hydrogens (tertiary/aromatic N) is 4. The zero-order valence-electron chi connectivity index (χ0n) is 14.8. The first-order valence-electron chi connectivity index (χ1n) is 8.21. The molecule has 26 heavy (non-hydrogen) atoms. The smallest absolute Gasteiger partial charge is 0.272 e. The predicted molar refractivity (Wildman–Crippen MR) is 96.4 cm³/mol. The summed E-state index contributed by atoms with van der Waals surface area (Å²) in [4.78, 5) is 21.3. The van der Waals surface area contributed by atoms with Crippen LogP contribution in [0.15, 0.2) is 22.2 Å². The number of hydrogen-bond acceptors (Lipinski definition) is 6. The molecule has 0 aromatic carbocycles. The average Bonchev–Trinajstić information content (AvgIpc) is 2.60. The Hall–Kier alpha value is -2.24. The van der Waals surface area contributed by atoms with Gasteiger partial charge in [-0.15, -0.1) is 0 Å². The van der Waals surface area contributed by atoms with Gasteiger partial charge >= 0.3 is 0 Å².